The van der Waals surface area contributed by atoms with Crippen LogP contribution in [0.25, 0.3) is 0 Å². The van der Waals surface area contributed by atoms with Gasteiger partial charge in [-0.25, -0.2) is 0 Å². The number of likely N-dealkylation sites (tertiary alicyclic amines) is 1. The van der Waals surface area contributed by atoms with Gasteiger partial charge in [0.15, 0.2) is 11.5 Å². The summed E-state index contributed by atoms with van der Waals surface area (Å²) in [5, 5.41) is 2.93. The van der Waals surface area contributed by atoms with Crippen molar-refractivity contribution < 1.29 is 23.8 Å². The van der Waals surface area contributed by atoms with Crippen LogP contribution in [-0.2, 0) is 4.79 Å². The summed E-state index contributed by atoms with van der Waals surface area (Å²) in [6.07, 6.45) is 0.303. The molecule has 0 saturated carbocycles. The molecule has 1 fully saturated rings. The number of nitrogens with one attached hydrogen (secondary N) is 1. The van der Waals surface area contributed by atoms with Crippen LogP contribution in [0.1, 0.15) is 37.6 Å². The van der Waals surface area contributed by atoms with E-state index in [0.29, 0.717) is 42.3 Å². The molecule has 1 aliphatic rings. The molecular weight excluding hydrogens is 336 g/mol. The van der Waals surface area contributed by atoms with Crippen LogP contribution in [0.3, 0.4) is 0 Å². The lowest BCUT2D eigenvalue weighted by Crippen LogP contribution is -2.39. The second-order valence-electron chi connectivity index (χ2n) is 7.59. The number of carbonyl (C=O) groups excluding carboxylic acids is 2. The molecule has 7 nitrogen and oxygen atoms in total. The summed E-state index contributed by atoms with van der Waals surface area (Å²) in [6, 6.07) is 3.05. The summed E-state index contributed by atoms with van der Waals surface area (Å²) < 4.78 is 15.9. The third-order valence-corrected chi connectivity index (χ3v) is 4.16. The molecule has 2 amide bonds. The first-order valence-corrected chi connectivity index (χ1v) is 8.57. The largest absolute Gasteiger partial charge is 0.493 e. The van der Waals surface area contributed by atoms with Crippen molar-refractivity contribution >= 4 is 11.8 Å². The highest BCUT2D eigenvalue weighted by Gasteiger charge is 2.33. The van der Waals surface area contributed by atoms with Crippen molar-refractivity contribution in [1.29, 1.82) is 0 Å². The number of hydrogen-bond acceptors (Lipinski definition) is 5. The number of hydrogen-bond donors (Lipinski definition) is 1. The zero-order chi connectivity index (χ0) is 19.5. The van der Waals surface area contributed by atoms with Crippen LogP contribution in [-0.4, -0.2) is 57.2 Å². The molecule has 0 bridgehead atoms. The van der Waals surface area contributed by atoms with Gasteiger partial charge in [0.25, 0.3) is 5.91 Å². The molecule has 1 aromatic rings. The van der Waals surface area contributed by atoms with Gasteiger partial charge in [0.05, 0.1) is 32.9 Å². The second-order valence-corrected chi connectivity index (χ2v) is 7.59. The molecule has 1 saturated heterocycles. The van der Waals surface area contributed by atoms with Crippen molar-refractivity contribution in [2.24, 2.45) is 5.41 Å². The van der Waals surface area contributed by atoms with Crippen molar-refractivity contribution in [2.45, 2.75) is 33.2 Å². The summed E-state index contributed by atoms with van der Waals surface area (Å²) in [4.78, 5) is 26.7. The third kappa shape index (κ3) is 4.39. The maximum absolute atomic E-state index is 12.7. The highest BCUT2D eigenvalue weighted by molar-refractivity contribution is 5.99. The van der Waals surface area contributed by atoms with E-state index in [1.807, 2.05) is 0 Å². The smallest absolute Gasteiger partial charge is 0.255 e. The van der Waals surface area contributed by atoms with E-state index < -0.39 is 0 Å². The minimum Gasteiger partial charge on any atom is -0.493 e. The number of nitrogens with zero attached hydrogens (tertiary/aromatic N) is 1. The molecule has 144 valence electrons. The van der Waals surface area contributed by atoms with E-state index in [1.54, 1.807) is 17.0 Å². The van der Waals surface area contributed by atoms with Gasteiger partial charge in [-0.2, -0.15) is 0 Å². The van der Waals surface area contributed by atoms with Gasteiger partial charge in [-0.15, -0.1) is 0 Å². The summed E-state index contributed by atoms with van der Waals surface area (Å²) in [5.74, 6) is 0.899. The zero-order valence-electron chi connectivity index (χ0n) is 16.3. The first-order chi connectivity index (χ1) is 12.2. The lowest BCUT2D eigenvalue weighted by Gasteiger charge is -2.26. The van der Waals surface area contributed by atoms with E-state index in [0.717, 1.165) is 0 Å². The standard InChI is InChI=1S/C19H28N2O5/c1-19(2,3)11-21-10-12(9-15(21)22)20-18(23)13-7-8-14(24-4)17(26-6)16(13)25-5/h7-8,12H,9-11H2,1-6H3,(H,20,23)/t12-/m0/s1. The predicted octanol–water partition coefficient (Wildman–Crippen LogP) is 2.09. The van der Waals surface area contributed by atoms with E-state index in [1.165, 1.54) is 21.3 Å². The molecule has 0 radical (unpaired) electrons. The normalized spacial score (nSPS) is 17.2. The Kier molecular flexibility index (Phi) is 6.00. The molecule has 2 rings (SSSR count). The molecule has 26 heavy (non-hydrogen) atoms. The van der Waals surface area contributed by atoms with Crippen LogP contribution >= 0.6 is 0 Å². The molecule has 1 N–H and O–H groups in total. The van der Waals surface area contributed by atoms with E-state index in [-0.39, 0.29) is 23.3 Å². The number of rotatable bonds is 6. The Bertz CT molecular complexity index is 681. The maximum atomic E-state index is 12.7. The minimum absolute atomic E-state index is 0.0150. The molecule has 0 spiro atoms. The molecule has 1 aliphatic heterocycles. The van der Waals surface area contributed by atoms with E-state index in [9.17, 15) is 9.59 Å². The Hall–Kier alpha value is -2.44. The molecule has 1 aromatic carbocycles. The van der Waals surface area contributed by atoms with Crippen LogP contribution in [0, 0.1) is 5.41 Å². The van der Waals surface area contributed by atoms with Crippen molar-refractivity contribution in [2.75, 3.05) is 34.4 Å². The first-order valence-electron chi connectivity index (χ1n) is 8.57. The van der Waals surface area contributed by atoms with E-state index in [2.05, 4.69) is 26.1 Å². The quantitative estimate of drug-likeness (QED) is 0.836. The molecule has 0 unspecified atom stereocenters. The van der Waals surface area contributed by atoms with Crippen LogP contribution in [0.5, 0.6) is 17.2 Å². The first kappa shape index (κ1) is 19.9. The number of carbonyl (C=O) groups is 2. The van der Waals surface area contributed by atoms with Crippen LogP contribution in [0.15, 0.2) is 12.1 Å². The number of amides is 2. The van der Waals surface area contributed by atoms with Gasteiger partial charge in [-0.3, -0.25) is 9.59 Å². The number of ether oxygens (including phenoxy) is 3. The van der Waals surface area contributed by atoms with Gasteiger partial charge in [0, 0.05) is 19.5 Å². The minimum atomic E-state index is -0.307. The van der Waals surface area contributed by atoms with Crippen molar-refractivity contribution in [3.8, 4) is 17.2 Å². The Morgan fingerprint density at radius 3 is 2.35 bits per heavy atom. The average molecular weight is 364 g/mol. The lowest BCUT2D eigenvalue weighted by atomic mass is 9.96. The van der Waals surface area contributed by atoms with Gasteiger partial charge in [0.1, 0.15) is 0 Å². The lowest BCUT2D eigenvalue weighted by molar-refractivity contribution is -0.128. The maximum Gasteiger partial charge on any atom is 0.255 e. The Labute approximate surface area is 154 Å². The second kappa shape index (κ2) is 7.85. The SMILES string of the molecule is COc1ccc(C(=O)N[C@H]2CC(=O)N(CC(C)(C)C)C2)c(OC)c1OC. The van der Waals surface area contributed by atoms with Gasteiger partial charge in [0.2, 0.25) is 11.7 Å². The van der Waals surface area contributed by atoms with Crippen LogP contribution in [0.4, 0.5) is 0 Å². The fourth-order valence-corrected chi connectivity index (χ4v) is 3.14. The number of benzene rings is 1. The predicted molar refractivity (Wildman–Crippen MR) is 98.0 cm³/mol. The molecular formula is C19H28N2O5. The van der Waals surface area contributed by atoms with Gasteiger partial charge in [-0.1, -0.05) is 20.8 Å². The molecule has 0 aromatic heterocycles. The van der Waals surface area contributed by atoms with Gasteiger partial charge >= 0.3 is 0 Å². The van der Waals surface area contributed by atoms with Gasteiger partial charge < -0.3 is 24.4 Å². The van der Waals surface area contributed by atoms with Crippen molar-refractivity contribution in [1.82, 2.24) is 10.2 Å². The topological polar surface area (TPSA) is 77.1 Å². The summed E-state index contributed by atoms with van der Waals surface area (Å²) in [5.41, 5.74) is 0.355. The molecule has 0 aliphatic carbocycles. The monoisotopic (exact) mass is 364 g/mol. The Balaban J connectivity index is 2.15. The number of methoxy groups -OCH3 is 3. The fraction of sp³-hybridized carbons (Fsp3) is 0.579. The highest BCUT2D eigenvalue weighted by Crippen LogP contribution is 2.39. The highest BCUT2D eigenvalue weighted by atomic mass is 16.5. The Morgan fingerprint density at radius 1 is 1.15 bits per heavy atom. The van der Waals surface area contributed by atoms with E-state index >= 15 is 0 Å². The molecule has 1 heterocycles. The van der Waals surface area contributed by atoms with Crippen molar-refractivity contribution in [3.05, 3.63) is 17.7 Å². The fourth-order valence-electron chi connectivity index (χ4n) is 3.14. The summed E-state index contributed by atoms with van der Waals surface area (Å²) in [7, 11) is 4.48. The average Bonchev–Trinajstić information content (AvgIpc) is 2.90. The Morgan fingerprint density at radius 2 is 1.81 bits per heavy atom. The van der Waals surface area contributed by atoms with Gasteiger partial charge in [-0.05, 0) is 17.5 Å². The third-order valence-electron chi connectivity index (χ3n) is 4.16. The van der Waals surface area contributed by atoms with Crippen LogP contribution in [0.2, 0.25) is 0 Å². The van der Waals surface area contributed by atoms with Crippen molar-refractivity contribution in [3.63, 3.8) is 0 Å². The van der Waals surface area contributed by atoms with Crippen LogP contribution < -0.4 is 19.5 Å². The molecule has 1 atom stereocenters. The summed E-state index contributed by atoms with van der Waals surface area (Å²) in [6.45, 7) is 7.43. The summed E-state index contributed by atoms with van der Waals surface area (Å²) >= 11 is 0. The zero-order valence-corrected chi connectivity index (χ0v) is 16.3. The van der Waals surface area contributed by atoms with E-state index in [4.69, 9.17) is 14.2 Å². The molecule has 7 heteroatoms.